The fourth-order valence-electron chi connectivity index (χ4n) is 3.53. The van der Waals surface area contributed by atoms with Crippen molar-refractivity contribution in [3.63, 3.8) is 0 Å². The van der Waals surface area contributed by atoms with Gasteiger partial charge in [-0.05, 0) is 42.0 Å². The van der Waals surface area contributed by atoms with E-state index >= 15 is 0 Å². The molecule has 33 heavy (non-hydrogen) atoms. The zero-order valence-corrected chi connectivity index (χ0v) is 20.2. The van der Waals surface area contributed by atoms with Gasteiger partial charge in [-0.3, -0.25) is 0 Å². The normalized spacial score (nSPS) is 14.2. The van der Waals surface area contributed by atoms with E-state index < -0.39 is 10.0 Å². The zero-order valence-electron chi connectivity index (χ0n) is 18.5. The zero-order chi connectivity index (χ0) is 23.3. The van der Waals surface area contributed by atoms with Gasteiger partial charge in [0.15, 0.2) is 16.6 Å². The first-order chi connectivity index (χ1) is 16.0. The van der Waals surface area contributed by atoms with E-state index in [4.69, 9.17) is 14.2 Å². The molecule has 0 aliphatic carbocycles. The third-order valence-electron chi connectivity index (χ3n) is 5.25. The summed E-state index contributed by atoms with van der Waals surface area (Å²) in [6.45, 7) is 3.91. The van der Waals surface area contributed by atoms with E-state index in [2.05, 4.69) is 21.0 Å². The van der Waals surface area contributed by atoms with Crippen LogP contribution in [0, 0.1) is 0 Å². The highest BCUT2D eigenvalue weighted by molar-refractivity contribution is 7.91. The minimum Gasteiger partial charge on any atom is -0.493 e. The van der Waals surface area contributed by atoms with Gasteiger partial charge in [0.1, 0.15) is 9.96 Å². The second-order valence-electron chi connectivity index (χ2n) is 7.42. The molecule has 1 fully saturated rings. The van der Waals surface area contributed by atoms with Gasteiger partial charge in [0, 0.05) is 44.5 Å². The van der Waals surface area contributed by atoms with Crippen LogP contribution >= 0.6 is 11.3 Å². The van der Waals surface area contributed by atoms with E-state index in [0.29, 0.717) is 22.3 Å². The highest BCUT2D eigenvalue weighted by atomic mass is 32.2. The standard InChI is InChI=1S/C23H27N3O5S2/c1-29-20-7-6-17(14-21(20)30-2)16-25-33(27,28)23-9-8-22(32-23)31-19-5-3-4-18(15-19)26-12-10-24-11-13-26/h3-9,14-15,24-25H,10-13,16H2,1-2H3. The van der Waals surface area contributed by atoms with Crippen molar-refractivity contribution in [1.82, 2.24) is 10.0 Å². The predicted molar refractivity (Wildman–Crippen MR) is 129 cm³/mol. The topological polar surface area (TPSA) is 89.1 Å². The van der Waals surface area contributed by atoms with Gasteiger partial charge in [-0.1, -0.05) is 23.5 Å². The lowest BCUT2D eigenvalue weighted by atomic mass is 10.2. The Kier molecular flexibility index (Phi) is 7.39. The Hall–Kier alpha value is -2.79. The van der Waals surface area contributed by atoms with Crippen LogP contribution in [-0.2, 0) is 16.6 Å². The Morgan fingerprint density at radius 2 is 1.79 bits per heavy atom. The number of benzene rings is 2. The number of rotatable bonds is 9. The Labute approximate surface area is 198 Å². The molecule has 0 bridgehead atoms. The van der Waals surface area contributed by atoms with Gasteiger partial charge in [0.05, 0.1) is 14.2 Å². The van der Waals surface area contributed by atoms with Crippen molar-refractivity contribution in [3.8, 4) is 22.3 Å². The molecule has 0 atom stereocenters. The molecule has 2 heterocycles. The molecule has 2 N–H and O–H groups in total. The first-order valence-corrected chi connectivity index (χ1v) is 12.8. The molecule has 176 valence electrons. The van der Waals surface area contributed by atoms with Gasteiger partial charge >= 0.3 is 0 Å². The number of nitrogens with zero attached hydrogens (tertiary/aromatic N) is 1. The first kappa shape index (κ1) is 23.4. The summed E-state index contributed by atoms with van der Waals surface area (Å²) in [6.07, 6.45) is 0. The predicted octanol–water partition coefficient (Wildman–Crippen LogP) is 3.45. The highest BCUT2D eigenvalue weighted by Crippen LogP contribution is 2.34. The van der Waals surface area contributed by atoms with Gasteiger partial charge in [-0.2, -0.15) is 0 Å². The van der Waals surface area contributed by atoms with Crippen LogP contribution in [0.2, 0.25) is 0 Å². The Morgan fingerprint density at radius 1 is 1.00 bits per heavy atom. The largest absolute Gasteiger partial charge is 0.493 e. The molecule has 3 aromatic rings. The quantitative estimate of drug-likeness (QED) is 0.476. The lowest BCUT2D eigenvalue weighted by Gasteiger charge is -2.29. The maximum Gasteiger partial charge on any atom is 0.250 e. The minimum atomic E-state index is -3.69. The smallest absolute Gasteiger partial charge is 0.250 e. The summed E-state index contributed by atoms with van der Waals surface area (Å²) in [4.78, 5) is 2.30. The van der Waals surface area contributed by atoms with Gasteiger partial charge in [-0.15, -0.1) is 0 Å². The van der Waals surface area contributed by atoms with E-state index in [1.807, 2.05) is 18.2 Å². The van der Waals surface area contributed by atoms with E-state index in [-0.39, 0.29) is 10.8 Å². The lowest BCUT2D eigenvalue weighted by molar-refractivity contribution is 0.354. The Balaban J connectivity index is 1.41. The number of nitrogens with one attached hydrogen (secondary N) is 2. The van der Waals surface area contributed by atoms with E-state index in [0.717, 1.165) is 48.8 Å². The molecule has 1 aliphatic rings. The number of hydrogen-bond acceptors (Lipinski definition) is 8. The Bertz CT molecular complexity index is 1190. The fourth-order valence-corrected chi connectivity index (χ4v) is 5.74. The van der Waals surface area contributed by atoms with Crippen molar-refractivity contribution in [2.75, 3.05) is 45.3 Å². The van der Waals surface area contributed by atoms with Crippen molar-refractivity contribution in [3.05, 3.63) is 60.2 Å². The molecule has 0 unspecified atom stereocenters. The molecule has 4 rings (SSSR count). The van der Waals surface area contributed by atoms with Gasteiger partial charge in [-0.25, -0.2) is 13.1 Å². The molecule has 1 aromatic heterocycles. The van der Waals surface area contributed by atoms with Crippen LogP contribution in [0.1, 0.15) is 5.56 Å². The summed E-state index contributed by atoms with van der Waals surface area (Å²) in [7, 11) is -0.595. The number of ether oxygens (including phenoxy) is 3. The third kappa shape index (κ3) is 5.77. The van der Waals surface area contributed by atoms with Crippen molar-refractivity contribution in [2.24, 2.45) is 0 Å². The highest BCUT2D eigenvalue weighted by Gasteiger charge is 2.18. The van der Waals surface area contributed by atoms with Crippen LogP contribution < -0.4 is 29.1 Å². The molecule has 0 saturated carbocycles. The van der Waals surface area contributed by atoms with Crippen molar-refractivity contribution in [1.29, 1.82) is 0 Å². The first-order valence-electron chi connectivity index (χ1n) is 10.5. The molecule has 10 heteroatoms. The maximum atomic E-state index is 12.8. The van der Waals surface area contributed by atoms with Crippen LogP contribution in [0.3, 0.4) is 0 Å². The lowest BCUT2D eigenvalue weighted by Crippen LogP contribution is -2.43. The van der Waals surface area contributed by atoms with Crippen LogP contribution in [-0.4, -0.2) is 48.8 Å². The molecule has 8 nitrogen and oxygen atoms in total. The molecule has 1 saturated heterocycles. The minimum absolute atomic E-state index is 0.128. The van der Waals surface area contributed by atoms with E-state index in [1.54, 1.807) is 44.6 Å². The van der Waals surface area contributed by atoms with Crippen molar-refractivity contribution in [2.45, 2.75) is 10.8 Å². The van der Waals surface area contributed by atoms with Crippen molar-refractivity contribution < 1.29 is 22.6 Å². The van der Waals surface area contributed by atoms with Gasteiger partial charge < -0.3 is 24.4 Å². The summed E-state index contributed by atoms with van der Waals surface area (Å²) in [5.74, 6) is 1.81. The van der Waals surface area contributed by atoms with Crippen LogP contribution in [0.5, 0.6) is 22.3 Å². The number of thiophene rings is 1. The summed E-state index contributed by atoms with van der Waals surface area (Å²) in [6, 6.07) is 16.4. The van der Waals surface area contributed by atoms with Crippen molar-refractivity contribution >= 4 is 27.0 Å². The van der Waals surface area contributed by atoms with Crippen LogP contribution in [0.25, 0.3) is 0 Å². The van der Waals surface area contributed by atoms with E-state index in [9.17, 15) is 8.42 Å². The average Bonchev–Trinajstić information content (AvgIpc) is 3.33. The Morgan fingerprint density at radius 3 is 2.55 bits per heavy atom. The monoisotopic (exact) mass is 489 g/mol. The molecular formula is C23H27N3O5S2. The van der Waals surface area contributed by atoms with Crippen LogP contribution in [0.4, 0.5) is 5.69 Å². The number of hydrogen-bond donors (Lipinski definition) is 2. The number of sulfonamides is 1. The summed E-state index contributed by atoms with van der Waals surface area (Å²) >= 11 is 1.08. The summed E-state index contributed by atoms with van der Waals surface area (Å²) in [5.41, 5.74) is 1.85. The number of anilines is 1. The number of methoxy groups -OCH3 is 2. The molecule has 1 aliphatic heterocycles. The fraction of sp³-hybridized carbons (Fsp3) is 0.304. The SMILES string of the molecule is COc1ccc(CNS(=O)(=O)c2ccc(Oc3cccc(N4CCNCC4)c3)s2)cc1OC. The molecular weight excluding hydrogens is 462 g/mol. The molecule has 0 radical (unpaired) electrons. The van der Waals surface area contributed by atoms with E-state index in [1.165, 1.54) is 0 Å². The molecule has 0 spiro atoms. The second-order valence-corrected chi connectivity index (χ2v) is 10.5. The molecule has 0 amide bonds. The third-order valence-corrected chi connectivity index (χ3v) is 8.11. The van der Waals surface area contributed by atoms with Gasteiger partial charge in [0.2, 0.25) is 10.0 Å². The average molecular weight is 490 g/mol. The molecule has 2 aromatic carbocycles. The summed E-state index contributed by atoms with van der Waals surface area (Å²) in [5, 5.41) is 3.85. The second kappa shape index (κ2) is 10.4. The maximum absolute atomic E-state index is 12.8. The number of piperazine rings is 1. The summed E-state index contributed by atoms with van der Waals surface area (Å²) < 4.78 is 44.8. The van der Waals surface area contributed by atoms with Gasteiger partial charge in [0.25, 0.3) is 0 Å². The van der Waals surface area contributed by atoms with Crippen LogP contribution in [0.15, 0.2) is 58.8 Å².